The lowest BCUT2D eigenvalue weighted by Crippen LogP contribution is -2.31. The van der Waals surface area contributed by atoms with E-state index in [0.29, 0.717) is 10.4 Å². The van der Waals surface area contributed by atoms with E-state index in [1.165, 1.54) is 0 Å². The van der Waals surface area contributed by atoms with Crippen LogP contribution in [0.2, 0.25) is 5.02 Å². The van der Waals surface area contributed by atoms with Crippen LogP contribution in [0.15, 0.2) is 24.3 Å². The molecule has 0 aromatic heterocycles. The largest absolute Gasteiger partial charge is 0.342 e. The smallest absolute Gasteiger partial charge is 0.264 e. The van der Waals surface area contributed by atoms with Gasteiger partial charge >= 0.3 is 0 Å². The summed E-state index contributed by atoms with van der Waals surface area (Å²) >= 11 is 9.22. The van der Waals surface area contributed by atoms with Crippen molar-refractivity contribution in [3.05, 3.63) is 34.9 Å². The predicted octanol–water partition coefficient (Wildman–Crippen LogP) is 2.50. The van der Waals surface area contributed by atoms with Gasteiger partial charge in [-0.2, -0.15) is 35.4 Å². The third-order valence-electron chi connectivity index (χ3n) is 2.79. The zero-order valence-corrected chi connectivity index (χ0v) is 16.9. The second-order valence-corrected chi connectivity index (χ2v) is 7.07. The van der Waals surface area contributed by atoms with Crippen molar-refractivity contribution in [1.29, 1.82) is 0 Å². The van der Waals surface area contributed by atoms with Crippen LogP contribution in [0.5, 0.6) is 0 Å². The Morgan fingerprint density at radius 1 is 1.36 bits per heavy atom. The lowest BCUT2D eigenvalue weighted by molar-refractivity contribution is -0.159. The Morgan fingerprint density at radius 2 is 1.95 bits per heavy atom. The molecule has 0 spiro atoms. The zero-order valence-electron chi connectivity index (χ0n) is 11.7. The number of halogens is 2. The molecule has 1 aromatic rings. The van der Waals surface area contributed by atoms with E-state index in [4.69, 9.17) is 25.3 Å². The molecule has 0 radical (unpaired) electrons. The first-order chi connectivity index (χ1) is 9.35. The SMILES string of the molecule is CS(=O)(=O)OC[C@@H]1CO[C@@](CBr)(c2ccc(Cl)cc2)O1.S.S. The molecule has 1 fully saturated rings. The maximum Gasteiger partial charge on any atom is 0.264 e. The fourth-order valence-electron chi connectivity index (χ4n) is 1.85. The molecule has 0 bridgehead atoms. The van der Waals surface area contributed by atoms with Crippen LogP contribution in [0.25, 0.3) is 0 Å². The lowest BCUT2D eigenvalue weighted by atomic mass is 10.1. The summed E-state index contributed by atoms with van der Waals surface area (Å²) < 4.78 is 38.2. The maximum absolute atomic E-state index is 11.0. The van der Waals surface area contributed by atoms with E-state index in [-0.39, 0.29) is 40.2 Å². The van der Waals surface area contributed by atoms with Gasteiger partial charge in [0.1, 0.15) is 6.10 Å². The van der Waals surface area contributed by atoms with E-state index in [9.17, 15) is 8.42 Å². The van der Waals surface area contributed by atoms with Crippen LogP contribution in [0.4, 0.5) is 0 Å². The number of hydrogen-bond acceptors (Lipinski definition) is 5. The van der Waals surface area contributed by atoms with Gasteiger partial charge in [0.05, 0.1) is 24.8 Å². The van der Waals surface area contributed by atoms with E-state index >= 15 is 0 Å². The minimum atomic E-state index is -3.49. The topological polar surface area (TPSA) is 61.8 Å². The van der Waals surface area contributed by atoms with Crippen LogP contribution in [-0.4, -0.2) is 39.3 Å². The van der Waals surface area contributed by atoms with Crippen LogP contribution < -0.4 is 0 Å². The third-order valence-corrected chi connectivity index (χ3v) is 4.34. The molecule has 2 atom stereocenters. The minimum Gasteiger partial charge on any atom is -0.342 e. The van der Waals surface area contributed by atoms with Gasteiger partial charge in [-0.15, -0.1) is 0 Å². The summed E-state index contributed by atoms with van der Waals surface area (Å²) in [4.78, 5) is 0. The second kappa shape index (κ2) is 9.12. The van der Waals surface area contributed by atoms with Gasteiger partial charge < -0.3 is 9.47 Å². The Labute approximate surface area is 157 Å². The van der Waals surface area contributed by atoms with Crippen molar-refractivity contribution in [3.8, 4) is 0 Å². The average Bonchev–Trinajstić information content (AvgIpc) is 2.81. The Kier molecular flexibility index (Phi) is 9.34. The summed E-state index contributed by atoms with van der Waals surface area (Å²) in [5, 5.41) is 1.03. The molecule has 0 amide bonds. The summed E-state index contributed by atoms with van der Waals surface area (Å²) in [5.41, 5.74) is 0.806. The highest BCUT2D eigenvalue weighted by Crippen LogP contribution is 2.36. The van der Waals surface area contributed by atoms with E-state index < -0.39 is 22.0 Å². The Morgan fingerprint density at radius 3 is 2.45 bits per heavy atom. The Hall–Kier alpha value is 0.520. The number of benzene rings is 1. The van der Waals surface area contributed by atoms with E-state index in [1.807, 2.05) is 12.1 Å². The lowest BCUT2D eigenvalue weighted by Gasteiger charge is -2.26. The normalized spacial score (nSPS) is 24.4. The predicted molar refractivity (Wildman–Crippen MR) is 99.3 cm³/mol. The maximum atomic E-state index is 11.0. The first-order valence-corrected chi connectivity index (χ1v) is 9.14. The third kappa shape index (κ3) is 5.86. The molecule has 22 heavy (non-hydrogen) atoms. The Bertz CT molecular complexity index is 569. The first-order valence-electron chi connectivity index (χ1n) is 5.83. The van der Waals surface area contributed by atoms with Crippen LogP contribution in [0, 0.1) is 0 Å². The van der Waals surface area contributed by atoms with Gasteiger partial charge in [-0.25, -0.2) is 0 Å². The molecule has 0 saturated carbocycles. The quantitative estimate of drug-likeness (QED) is 0.506. The highest BCUT2D eigenvalue weighted by molar-refractivity contribution is 9.09. The van der Waals surface area contributed by atoms with Gasteiger partial charge in [-0.3, -0.25) is 4.18 Å². The van der Waals surface area contributed by atoms with Gasteiger partial charge in [0.25, 0.3) is 10.1 Å². The molecule has 10 heteroatoms. The van der Waals surface area contributed by atoms with Gasteiger partial charge in [-0.05, 0) is 12.1 Å². The average molecular weight is 454 g/mol. The van der Waals surface area contributed by atoms with Crippen molar-refractivity contribution < 1.29 is 22.1 Å². The standard InChI is InChI=1S/C12H14BrClO5S.2H2S/c1-20(15,16)18-7-11-6-17-12(8-13,19-11)9-2-4-10(14)5-3-9;;/h2-5,11H,6-8H2,1H3;2*1H2/t11-,12+;;/m0../s1. The number of ether oxygens (including phenoxy) is 2. The highest BCUT2D eigenvalue weighted by atomic mass is 79.9. The fraction of sp³-hybridized carbons (Fsp3) is 0.500. The minimum absolute atomic E-state index is 0. The molecule has 0 N–H and O–H groups in total. The molecular formula is C12H18BrClO5S3. The molecule has 1 aliphatic rings. The van der Waals surface area contributed by atoms with Crippen molar-refractivity contribution in [2.45, 2.75) is 11.9 Å². The molecule has 0 aliphatic carbocycles. The molecule has 1 aliphatic heterocycles. The van der Waals surface area contributed by atoms with E-state index in [1.54, 1.807) is 12.1 Å². The summed E-state index contributed by atoms with van der Waals surface area (Å²) in [6.45, 7) is 0.185. The van der Waals surface area contributed by atoms with Crippen molar-refractivity contribution in [2.24, 2.45) is 0 Å². The van der Waals surface area contributed by atoms with Crippen molar-refractivity contribution >= 4 is 64.6 Å². The molecule has 128 valence electrons. The number of rotatable bonds is 5. The molecule has 2 rings (SSSR count). The summed E-state index contributed by atoms with van der Waals surface area (Å²) in [5.74, 6) is -0.948. The first kappa shape index (κ1) is 22.5. The van der Waals surface area contributed by atoms with Crippen molar-refractivity contribution in [1.82, 2.24) is 0 Å². The molecule has 0 unspecified atom stereocenters. The van der Waals surface area contributed by atoms with Crippen LogP contribution >= 0.6 is 54.5 Å². The van der Waals surface area contributed by atoms with Gasteiger partial charge in [0.2, 0.25) is 5.79 Å². The molecule has 1 aromatic carbocycles. The zero-order chi connectivity index (χ0) is 14.8. The Balaban J connectivity index is 0.00000220. The van der Waals surface area contributed by atoms with Crippen LogP contribution in [0.1, 0.15) is 5.56 Å². The highest BCUT2D eigenvalue weighted by Gasteiger charge is 2.42. The molecule has 1 heterocycles. The van der Waals surface area contributed by atoms with E-state index in [2.05, 4.69) is 15.9 Å². The summed E-state index contributed by atoms with van der Waals surface area (Å²) in [6, 6.07) is 7.11. The monoisotopic (exact) mass is 452 g/mol. The van der Waals surface area contributed by atoms with E-state index in [0.717, 1.165) is 11.8 Å². The second-order valence-electron chi connectivity index (χ2n) is 4.43. The number of alkyl halides is 1. The van der Waals surface area contributed by atoms with Gasteiger partial charge in [-0.1, -0.05) is 39.7 Å². The molecule has 5 nitrogen and oxygen atoms in total. The van der Waals surface area contributed by atoms with Crippen LogP contribution in [-0.2, 0) is 29.6 Å². The van der Waals surface area contributed by atoms with Gasteiger partial charge in [0.15, 0.2) is 0 Å². The molecular weight excluding hydrogens is 436 g/mol. The number of hydrogen-bond donors (Lipinski definition) is 0. The van der Waals surface area contributed by atoms with Crippen LogP contribution in [0.3, 0.4) is 0 Å². The summed E-state index contributed by atoms with van der Waals surface area (Å²) in [7, 11) is -3.49. The van der Waals surface area contributed by atoms with Crippen molar-refractivity contribution in [3.63, 3.8) is 0 Å². The fourth-order valence-corrected chi connectivity index (χ4v) is 2.99. The van der Waals surface area contributed by atoms with Crippen molar-refractivity contribution in [2.75, 3.05) is 24.8 Å². The van der Waals surface area contributed by atoms with Gasteiger partial charge in [0, 0.05) is 10.6 Å². The molecule has 1 saturated heterocycles. The summed E-state index contributed by atoms with van der Waals surface area (Å²) in [6.07, 6.45) is 0.553.